The molecule has 1 aromatic heterocycles. The number of hydrogen-bond donors (Lipinski definition) is 2. The molecule has 0 unspecified atom stereocenters. The lowest BCUT2D eigenvalue weighted by Gasteiger charge is -2.11. The first-order chi connectivity index (χ1) is 14.2. The zero-order valence-corrected chi connectivity index (χ0v) is 15.7. The summed E-state index contributed by atoms with van der Waals surface area (Å²) in [5.74, 6) is 0.759. The Morgan fingerprint density at radius 3 is 2.59 bits per heavy atom. The molecule has 0 atom stereocenters. The number of fused-ring (bicyclic) bond motifs is 2. The summed E-state index contributed by atoms with van der Waals surface area (Å²) >= 11 is 0. The van der Waals surface area contributed by atoms with Crippen molar-refractivity contribution in [1.29, 1.82) is 0 Å². The van der Waals surface area contributed by atoms with Crippen LogP contribution in [0, 0.1) is 5.92 Å². The molecule has 1 aliphatic carbocycles. The number of para-hydroxylation sites is 1. The maximum Gasteiger partial charge on any atom is 0.293 e. The van der Waals surface area contributed by atoms with Crippen molar-refractivity contribution < 1.29 is 23.5 Å². The number of carbonyl (C=O) groups excluding carboxylic acids is 2. The average molecular weight is 392 g/mol. The molecule has 7 heteroatoms. The zero-order chi connectivity index (χ0) is 19.8. The van der Waals surface area contributed by atoms with Crippen LogP contribution in [-0.2, 0) is 4.79 Å². The highest BCUT2D eigenvalue weighted by molar-refractivity contribution is 6.14. The summed E-state index contributed by atoms with van der Waals surface area (Å²) in [4.78, 5) is 25.7. The molecule has 3 aromatic rings. The molecule has 1 saturated carbocycles. The summed E-state index contributed by atoms with van der Waals surface area (Å²) in [5.41, 5.74) is 1.51. The number of carbonyl (C=O) groups is 2. The lowest BCUT2D eigenvalue weighted by molar-refractivity contribution is -0.119. The predicted octanol–water partition coefficient (Wildman–Crippen LogP) is 4.54. The number of nitrogens with one attached hydrogen (secondary N) is 2. The number of furan rings is 1. The van der Waals surface area contributed by atoms with Crippen molar-refractivity contribution in [3.8, 4) is 11.5 Å². The molecule has 2 heterocycles. The van der Waals surface area contributed by atoms with Crippen molar-refractivity contribution in [2.24, 2.45) is 5.92 Å². The molecule has 0 spiro atoms. The lowest BCUT2D eigenvalue weighted by Crippen LogP contribution is -2.22. The van der Waals surface area contributed by atoms with Crippen LogP contribution < -0.4 is 20.1 Å². The van der Waals surface area contributed by atoms with Gasteiger partial charge in [-0.3, -0.25) is 9.59 Å². The van der Waals surface area contributed by atoms with Crippen LogP contribution in [-0.4, -0.2) is 18.6 Å². The highest BCUT2D eigenvalue weighted by Crippen LogP contribution is 2.36. The Hall–Kier alpha value is -3.48. The minimum Gasteiger partial charge on any atom is -0.454 e. The van der Waals surface area contributed by atoms with Gasteiger partial charge in [-0.2, -0.15) is 0 Å². The van der Waals surface area contributed by atoms with Gasteiger partial charge in [0.2, 0.25) is 18.5 Å². The van der Waals surface area contributed by atoms with Crippen LogP contribution in [0.3, 0.4) is 0 Å². The third-order valence-corrected chi connectivity index (χ3v) is 5.41. The van der Waals surface area contributed by atoms with Gasteiger partial charge >= 0.3 is 0 Å². The van der Waals surface area contributed by atoms with E-state index in [9.17, 15) is 9.59 Å². The monoisotopic (exact) mass is 392 g/mol. The van der Waals surface area contributed by atoms with E-state index in [1.165, 1.54) is 0 Å². The summed E-state index contributed by atoms with van der Waals surface area (Å²) in [7, 11) is 0. The summed E-state index contributed by atoms with van der Waals surface area (Å²) in [6, 6.07) is 12.4. The number of anilines is 2. The first kappa shape index (κ1) is 17.6. The molecule has 29 heavy (non-hydrogen) atoms. The molecule has 148 valence electrons. The first-order valence-corrected chi connectivity index (χ1v) is 9.72. The molecule has 0 radical (unpaired) electrons. The van der Waals surface area contributed by atoms with Gasteiger partial charge in [0, 0.05) is 23.1 Å². The Kier molecular flexibility index (Phi) is 4.35. The van der Waals surface area contributed by atoms with E-state index in [1.54, 1.807) is 24.3 Å². The van der Waals surface area contributed by atoms with Gasteiger partial charge in [-0.15, -0.1) is 0 Å². The molecular weight excluding hydrogens is 372 g/mol. The molecule has 2 aliphatic rings. The van der Waals surface area contributed by atoms with E-state index in [0.717, 1.165) is 25.7 Å². The van der Waals surface area contributed by atoms with Crippen molar-refractivity contribution in [2.75, 3.05) is 17.4 Å². The molecule has 1 aliphatic heterocycles. The van der Waals surface area contributed by atoms with Gasteiger partial charge in [0.1, 0.15) is 11.3 Å². The largest absolute Gasteiger partial charge is 0.454 e. The summed E-state index contributed by atoms with van der Waals surface area (Å²) in [6.07, 6.45) is 3.87. The van der Waals surface area contributed by atoms with Crippen LogP contribution in [0.5, 0.6) is 11.5 Å². The SMILES string of the molecule is O=C(Nc1ccc2c(c1)OCO2)c1oc2ccccc2c1NC(=O)C1CCCC1. The minimum atomic E-state index is -0.443. The van der Waals surface area contributed by atoms with Gasteiger partial charge < -0.3 is 24.5 Å². The molecular formula is C22H20N2O5. The van der Waals surface area contributed by atoms with Crippen LogP contribution in [0.4, 0.5) is 11.4 Å². The minimum absolute atomic E-state index is 0.0200. The van der Waals surface area contributed by atoms with Crippen molar-refractivity contribution in [3.05, 3.63) is 48.2 Å². The second-order valence-electron chi connectivity index (χ2n) is 7.30. The van der Waals surface area contributed by atoms with Crippen LogP contribution in [0.2, 0.25) is 0 Å². The summed E-state index contributed by atoms with van der Waals surface area (Å²) in [6.45, 7) is 0.160. The Balaban J connectivity index is 1.45. The third kappa shape index (κ3) is 3.29. The third-order valence-electron chi connectivity index (χ3n) is 5.41. The van der Waals surface area contributed by atoms with E-state index in [4.69, 9.17) is 13.9 Å². The van der Waals surface area contributed by atoms with Crippen LogP contribution in [0.1, 0.15) is 36.2 Å². The second-order valence-corrected chi connectivity index (χ2v) is 7.30. The molecule has 2 N–H and O–H groups in total. The Labute approximate surface area is 167 Å². The fraction of sp³-hybridized carbons (Fsp3) is 0.273. The average Bonchev–Trinajstić information content (AvgIpc) is 3.47. The zero-order valence-electron chi connectivity index (χ0n) is 15.7. The van der Waals surface area contributed by atoms with Crippen LogP contribution >= 0.6 is 0 Å². The molecule has 0 bridgehead atoms. The van der Waals surface area contributed by atoms with E-state index >= 15 is 0 Å². The van der Waals surface area contributed by atoms with Gasteiger partial charge in [-0.25, -0.2) is 0 Å². The molecule has 5 rings (SSSR count). The van der Waals surface area contributed by atoms with E-state index in [0.29, 0.717) is 33.8 Å². The van der Waals surface area contributed by atoms with Gasteiger partial charge in [0.25, 0.3) is 5.91 Å². The molecule has 2 amide bonds. The van der Waals surface area contributed by atoms with Crippen LogP contribution in [0.25, 0.3) is 11.0 Å². The van der Waals surface area contributed by atoms with Crippen molar-refractivity contribution >= 4 is 34.2 Å². The second kappa shape index (κ2) is 7.16. The van der Waals surface area contributed by atoms with Gasteiger partial charge in [-0.1, -0.05) is 25.0 Å². The number of amides is 2. The summed E-state index contributed by atoms with van der Waals surface area (Å²) < 4.78 is 16.5. The molecule has 0 saturated heterocycles. The highest BCUT2D eigenvalue weighted by atomic mass is 16.7. The Morgan fingerprint density at radius 1 is 0.931 bits per heavy atom. The van der Waals surface area contributed by atoms with Crippen molar-refractivity contribution in [1.82, 2.24) is 0 Å². The van der Waals surface area contributed by atoms with E-state index in [2.05, 4.69) is 10.6 Å². The van der Waals surface area contributed by atoms with E-state index < -0.39 is 5.91 Å². The highest BCUT2D eigenvalue weighted by Gasteiger charge is 2.27. The maximum atomic E-state index is 13.0. The Morgan fingerprint density at radius 2 is 1.72 bits per heavy atom. The van der Waals surface area contributed by atoms with E-state index in [1.807, 2.05) is 18.2 Å². The van der Waals surface area contributed by atoms with Gasteiger partial charge in [-0.05, 0) is 37.1 Å². The van der Waals surface area contributed by atoms with Crippen molar-refractivity contribution in [2.45, 2.75) is 25.7 Å². The molecule has 2 aromatic carbocycles. The quantitative estimate of drug-likeness (QED) is 0.680. The topological polar surface area (TPSA) is 89.8 Å². The summed E-state index contributed by atoms with van der Waals surface area (Å²) in [5, 5.41) is 6.46. The normalized spacial score (nSPS) is 15.6. The van der Waals surface area contributed by atoms with E-state index in [-0.39, 0.29) is 24.4 Å². The van der Waals surface area contributed by atoms with Crippen LogP contribution in [0.15, 0.2) is 46.9 Å². The number of ether oxygens (including phenoxy) is 2. The number of benzene rings is 2. The lowest BCUT2D eigenvalue weighted by atomic mass is 10.1. The fourth-order valence-electron chi connectivity index (χ4n) is 3.90. The number of hydrogen-bond acceptors (Lipinski definition) is 5. The van der Waals surface area contributed by atoms with Gasteiger partial charge in [0.15, 0.2) is 11.5 Å². The van der Waals surface area contributed by atoms with Crippen molar-refractivity contribution in [3.63, 3.8) is 0 Å². The number of rotatable bonds is 4. The molecule has 7 nitrogen and oxygen atoms in total. The predicted molar refractivity (Wildman–Crippen MR) is 107 cm³/mol. The fourth-order valence-corrected chi connectivity index (χ4v) is 3.90. The molecule has 1 fully saturated rings. The first-order valence-electron chi connectivity index (χ1n) is 9.72. The Bertz CT molecular complexity index is 1100. The maximum absolute atomic E-state index is 13.0. The smallest absolute Gasteiger partial charge is 0.293 e. The van der Waals surface area contributed by atoms with Gasteiger partial charge in [0.05, 0.1) is 0 Å². The standard InChI is InChI=1S/C22H20N2O5/c25-21(13-5-1-2-6-13)24-19-15-7-3-4-8-16(15)29-20(19)22(26)23-14-9-10-17-18(11-14)28-12-27-17/h3-4,7-11,13H,1-2,5-6,12H2,(H,23,26)(H,24,25).